The maximum atomic E-state index is 12.9. The van der Waals surface area contributed by atoms with Gasteiger partial charge in [0, 0.05) is 69.5 Å². The van der Waals surface area contributed by atoms with Crippen molar-refractivity contribution in [1.82, 2.24) is 24.8 Å². The molecule has 4 heterocycles. The fraction of sp³-hybridized carbons (Fsp3) is 0.526. The predicted octanol–water partition coefficient (Wildman–Crippen LogP) is 1.14. The van der Waals surface area contributed by atoms with E-state index in [1.807, 2.05) is 24.0 Å². The van der Waals surface area contributed by atoms with Gasteiger partial charge < -0.3 is 14.7 Å². The Morgan fingerprint density at radius 1 is 0.889 bits per heavy atom. The summed E-state index contributed by atoms with van der Waals surface area (Å²) in [6.45, 7) is 6.67. The Hall–Kier alpha value is -2.77. The molecule has 8 heteroatoms. The molecule has 27 heavy (non-hydrogen) atoms. The van der Waals surface area contributed by atoms with Gasteiger partial charge in [-0.3, -0.25) is 4.79 Å². The van der Waals surface area contributed by atoms with Gasteiger partial charge in [-0.2, -0.15) is 0 Å². The molecule has 0 unspecified atom stereocenters. The first-order valence-electron chi connectivity index (χ1n) is 9.56. The van der Waals surface area contributed by atoms with Crippen LogP contribution in [0.5, 0.6) is 0 Å². The maximum Gasteiger partial charge on any atom is 0.225 e. The number of hydrogen-bond acceptors (Lipinski definition) is 7. The van der Waals surface area contributed by atoms with Gasteiger partial charge in [-0.05, 0) is 31.9 Å². The van der Waals surface area contributed by atoms with Crippen molar-refractivity contribution in [3.63, 3.8) is 0 Å². The smallest absolute Gasteiger partial charge is 0.225 e. The van der Waals surface area contributed by atoms with Gasteiger partial charge in [0.25, 0.3) is 0 Å². The van der Waals surface area contributed by atoms with Gasteiger partial charge in [0.2, 0.25) is 17.8 Å². The van der Waals surface area contributed by atoms with Crippen LogP contribution in [0, 0.1) is 12.8 Å². The van der Waals surface area contributed by atoms with E-state index in [0.29, 0.717) is 0 Å². The van der Waals surface area contributed by atoms with Gasteiger partial charge in [0.1, 0.15) is 0 Å². The van der Waals surface area contributed by atoms with E-state index in [0.717, 1.165) is 69.7 Å². The van der Waals surface area contributed by atoms with Crippen molar-refractivity contribution in [2.75, 3.05) is 49.1 Å². The van der Waals surface area contributed by atoms with Crippen LogP contribution >= 0.6 is 0 Å². The van der Waals surface area contributed by atoms with E-state index < -0.39 is 0 Å². The Morgan fingerprint density at radius 3 is 2.19 bits per heavy atom. The molecule has 1 amide bonds. The Labute approximate surface area is 159 Å². The molecule has 0 aromatic carbocycles. The molecule has 0 saturated carbocycles. The Morgan fingerprint density at radius 2 is 1.52 bits per heavy atom. The number of piperazine rings is 1. The second kappa shape index (κ2) is 7.85. The summed E-state index contributed by atoms with van der Waals surface area (Å²) < 4.78 is 0. The molecular formula is C19H25N7O. The second-order valence-corrected chi connectivity index (χ2v) is 7.12. The molecule has 2 aliphatic heterocycles. The number of nitrogens with zero attached hydrogens (tertiary/aromatic N) is 7. The van der Waals surface area contributed by atoms with E-state index in [1.54, 1.807) is 18.6 Å². The molecule has 142 valence electrons. The van der Waals surface area contributed by atoms with Crippen molar-refractivity contribution >= 4 is 17.8 Å². The van der Waals surface area contributed by atoms with Gasteiger partial charge in [-0.1, -0.05) is 0 Å². The number of carbonyl (C=O) groups excluding carboxylic acids is 1. The molecule has 2 aliphatic rings. The van der Waals surface area contributed by atoms with Crippen LogP contribution in [0.4, 0.5) is 11.9 Å². The highest BCUT2D eigenvalue weighted by atomic mass is 16.2. The average molecular weight is 367 g/mol. The lowest BCUT2D eigenvalue weighted by molar-refractivity contribution is -0.136. The molecule has 0 aliphatic carbocycles. The first-order valence-corrected chi connectivity index (χ1v) is 9.56. The van der Waals surface area contributed by atoms with Gasteiger partial charge in [0.15, 0.2) is 0 Å². The zero-order valence-corrected chi connectivity index (χ0v) is 15.7. The number of piperidine rings is 1. The summed E-state index contributed by atoms with van der Waals surface area (Å²) in [6, 6.07) is 3.72. The van der Waals surface area contributed by atoms with Crippen molar-refractivity contribution < 1.29 is 4.79 Å². The summed E-state index contributed by atoms with van der Waals surface area (Å²) >= 11 is 0. The van der Waals surface area contributed by atoms with Crippen LogP contribution in [0.25, 0.3) is 0 Å². The van der Waals surface area contributed by atoms with Crippen LogP contribution in [0.15, 0.2) is 30.7 Å². The average Bonchev–Trinajstić information content (AvgIpc) is 2.74. The topological polar surface area (TPSA) is 78.4 Å². The predicted molar refractivity (Wildman–Crippen MR) is 103 cm³/mol. The summed E-state index contributed by atoms with van der Waals surface area (Å²) in [5.41, 5.74) is 0.971. The molecule has 2 aromatic rings. The molecule has 0 atom stereocenters. The third-order valence-electron chi connectivity index (χ3n) is 5.34. The standard InChI is InChI=1S/C19H25N7O/c1-15-3-8-22-19(23-15)25-9-4-16(5-10-25)17(27)24-11-13-26(14-12-24)18-20-6-2-7-21-18/h2-3,6-8,16H,4-5,9-14H2,1H3. The fourth-order valence-corrected chi connectivity index (χ4v) is 3.75. The molecule has 2 saturated heterocycles. The minimum absolute atomic E-state index is 0.102. The molecule has 0 bridgehead atoms. The van der Waals surface area contributed by atoms with Crippen LogP contribution in [-0.2, 0) is 4.79 Å². The number of amides is 1. The summed E-state index contributed by atoms with van der Waals surface area (Å²) in [5.74, 6) is 1.91. The Bertz CT molecular complexity index is 769. The number of anilines is 2. The third-order valence-corrected chi connectivity index (χ3v) is 5.34. The molecule has 8 nitrogen and oxygen atoms in total. The number of aromatic nitrogens is 4. The number of aryl methyl sites for hydroxylation is 1. The summed E-state index contributed by atoms with van der Waals surface area (Å²) in [6.07, 6.45) is 7.03. The van der Waals surface area contributed by atoms with Crippen LogP contribution < -0.4 is 9.80 Å². The van der Waals surface area contributed by atoms with E-state index in [4.69, 9.17) is 0 Å². The van der Waals surface area contributed by atoms with Gasteiger partial charge in [-0.15, -0.1) is 0 Å². The number of hydrogen-bond donors (Lipinski definition) is 0. The Kier molecular flexibility index (Phi) is 5.13. The lowest BCUT2D eigenvalue weighted by Crippen LogP contribution is -2.52. The molecule has 0 radical (unpaired) electrons. The first kappa shape index (κ1) is 17.6. The van der Waals surface area contributed by atoms with Crippen molar-refractivity contribution in [2.24, 2.45) is 5.92 Å². The zero-order valence-electron chi connectivity index (χ0n) is 15.7. The maximum absolute atomic E-state index is 12.9. The fourth-order valence-electron chi connectivity index (χ4n) is 3.75. The molecule has 2 aromatic heterocycles. The van der Waals surface area contributed by atoms with E-state index in [-0.39, 0.29) is 11.8 Å². The lowest BCUT2D eigenvalue weighted by atomic mass is 9.95. The summed E-state index contributed by atoms with van der Waals surface area (Å²) in [5, 5.41) is 0. The molecular weight excluding hydrogens is 342 g/mol. The molecule has 4 rings (SSSR count). The molecule has 2 fully saturated rings. The van der Waals surface area contributed by atoms with Crippen molar-refractivity contribution in [1.29, 1.82) is 0 Å². The minimum atomic E-state index is 0.102. The van der Waals surface area contributed by atoms with Crippen LogP contribution in [0.3, 0.4) is 0 Å². The van der Waals surface area contributed by atoms with E-state index >= 15 is 0 Å². The first-order chi connectivity index (χ1) is 13.2. The van der Waals surface area contributed by atoms with Crippen molar-refractivity contribution in [2.45, 2.75) is 19.8 Å². The normalized spacial score (nSPS) is 18.6. The highest BCUT2D eigenvalue weighted by Gasteiger charge is 2.31. The largest absolute Gasteiger partial charge is 0.341 e. The van der Waals surface area contributed by atoms with Crippen LogP contribution in [0.1, 0.15) is 18.5 Å². The number of rotatable bonds is 3. The highest BCUT2D eigenvalue weighted by molar-refractivity contribution is 5.79. The number of carbonyl (C=O) groups is 1. The van der Waals surface area contributed by atoms with Crippen molar-refractivity contribution in [3.05, 3.63) is 36.4 Å². The lowest BCUT2D eigenvalue weighted by Gasteiger charge is -2.38. The molecule has 0 N–H and O–H groups in total. The Balaban J connectivity index is 1.29. The van der Waals surface area contributed by atoms with E-state index in [9.17, 15) is 4.79 Å². The van der Waals surface area contributed by atoms with Crippen LogP contribution in [-0.4, -0.2) is 70.0 Å². The minimum Gasteiger partial charge on any atom is -0.341 e. The third kappa shape index (κ3) is 3.99. The quantitative estimate of drug-likeness (QED) is 0.805. The zero-order chi connectivity index (χ0) is 18.6. The van der Waals surface area contributed by atoms with E-state index in [1.165, 1.54) is 0 Å². The SMILES string of the molecule is Cc1ccnc(N2CCC(C(=O)N3CCN(c4ncccn4)CC3)CC2)n1. The monoisotopic (exact) mass is 367 g/mol. The van der Waals surface area contributed by atoms with Crippen molar-refractivity contribution in [3.8, 4) is 0 Å². The van der Waals surface area contributed by atoms with Gasteiger partial charge >= 0.3 is 0 Å². The summed E-state index contributed by atoms with van der Waals surface area (Å²) in [7, 11) is 0. The second-order valence-electron chi connectivity index (χ2n) is 7.12. The van der Waals surface area contributed by atoms with E-state index in [2.05, 4.69) is 29.7 Å². The van der Waals surface area contributed by atoms with Gasteiger partial charge in [0.05, 0.1) is 0 Å². The molecule has 0 spiro atoms. The summed E-state index contributed by atoms with van der Waals surface area (Å²) in [4.78, 5) is 36.7. The highest BCUT2D eigenvalue weighted by Crippen LogP contribution is 2.23. The van der Waals surface area contributed by atoms with Gasteiger partial charge in [-0.25, -0.2) is 19.9 Å². The van der Waals surface area contributed by atoms with Crippen LogP contribution in [0.2, 0.25) is 0 Å².